The zero-order chi connectivity index (χ0) is 55.2. The first-order valence-electron chi connectivity index (χ1n) is 30.5. The molecule has 13 aromatic rings. The van der Waals surface area contributed by atoms with Crippen molar-refractivity contribution in [3.05, 3.63) is 275 Å². The van der Waals surface area contributed by atoms with Crippen molar-refractivity contribution < 1.29 is 8.83 Å². The van der Waals surface area contributed by atoms with Crippen molar-refractivity contribution in [2.24, 2.45) is 0 Å². The van der Waals surface area contributed by atoms with Gasteiger partial charge in [0.1, 0.15) is 11.2 Å². The molecule has 0 atom stereocenters. The Morgan fingerprint density at radius 2 is 0.771 bits per heavy atom. The second-order valence-corrected chi connectivity index (χ2v) is 24.0. The number of anilines is 6. The second-order valence-electron chi connectivity index (χ2n) is 24.0. The Labute approximate surface area is 486 Å². The average molecular weight is 1080 g/mol. The third kappa shape index (κ3) is 7.93. The van der Waals surface area contributed by atoms with E-state index < -0.39 is 5.41 Å². The van der Waals surface area contributed by atoms with E-state index in [9.17, 15) is 0 Å². The van der Waals surface area contributed by atoms with Crippen LogP contribution < -0.4 is 9.80 Å². The predicted octanol–water partition coefficient (Wildman–Crippen LogP) is 22.7. The lowest BCUT2D eigenvalue weighted by Gasteiger charge is -2.36. The molecule has 0 bridgehead atoms. The maximum Gasteiger partial charge on any atom is 0.159 e. The van der Waals surface area contributed by atoms with Gasteiger partial charge in [-0.25, -0.2) is 0 Å². The van der Waals surface area contributed by atoms with Crippen LogP contribution in [0.5, 0.6) is 0 Å². The number of hydrogen-bond acceptors (Lipinski definition) is 4. The Hall–Kier alpha value is -9.12. The molecule has 0 N–H and O–H groups in total. The molecule has 404 valence electrons. The maximum atomic E-state index is 7.39. The molecule has 2 aromatic heterocycles. The molecule has 0 unspecified atom stereocenters. The zero-order valence-electron chi connectivity index (χ0n) is 47.4. The molecule has 0 amide bonds. The lowest BCUT2D eigenvalue weighted by atomic mass is 9.67. The molecule has 0 aliphatic heterocycles. The first-order chi connectivity index (χ1) is 41.0. The molecule has 83 heavy (non-hydrogen) atoms. The van der Waals surface area contributed by atoms with E-state index in [1.54, 1.807) is 0 Å². The van der Waals surface area contributed by atoms with E-state index in [1.807, 2.05) is 0 Å². The summed E-state index contributed by atoms with van der Waals surface area (Å²) in [5.74, 6) is 1.00. The molecule has 2 saturated carbocycles. The average Bonchev–Trinajstić information content (AvgIpc) is 1.71. The zero-order valence-corrected chi connectivity index (χ0v) is 47.4. The van der Waals surface area contributed by atoms with Gasteiger partial charge in [0.15, 0.2) is 11.2 Å². The summed E-state index contributed by atoms with van der Waals surface area (Å²) >= 11 is 0. The molecule has 11 aromatic carbocycles. The molecule has 0 spiro atoms. The summed E-state index contributed by atoms with van der Waals surface area (Å²) in [7, 11) is 0. The number of furan rings is 2. The van der Waals surface area contributed by atoms with E-state index in [-0.39, 0.29) is 0 Å². The summed E-state index contributed by atoms with van der Waals surface area (Å²) in [6.07, 6.45) is 12.5. The highest BCUT2D eigenvalue weighted by atomic mass is 16.3. The summed E-state index contributed by atoms with van der Waals surface area (Å²) < 4.78 is 14.7. The second kappa shape index (κ2) is 20.1. The fourth-order valence-corrected chi connectivity index (χ4v) is 15.3. The van der Waals surface area contributed by atoms with Crippen molar-refractivity contribution in [3.8, 4) is 11.1 Å². The van der Waals surface area contributed by atoms with Gasteiger partial charge in [0.25, 0.3) is 0 Å². The number of fused-ring (bicyclic) bond motifs is 11. The monoisotopic (exact) mass is 1070 g/mol. The summed E-state index contributed by atoms with van der Waals surface area (Å²) in [6, 6.07) is 86.8. The van der Waals surface area contributed by atoms with Gasteiger partial charge in [-0.1, -0.05) is 226 Å². The minimum Gasteiger partial charge on any atom is -0.454 e. The van der Waals surface area contributed by atoms with Crippen molar-refractivity contribution in [2.45, 2.75) is 95.3 Å². The molecule has 4 heteroatoms. The van der Waals surface area contributed by atoms with Crippen LogP contribution in [0, 0.1) is 13.8 Å². The smallest absolute Gasteiger partial charge is 0.159 e. The van der Waals surface area contributed by atoms with Gasteiger partial charge in [0.05, 0.1) is 22.5 Å². The molecule has 3 aliphatic carbocycles. The van der Waals surface area contributed by atoms with E-state index in [4.69, 9.17) is 8.83 Å². The third-order valence-corrected chi connectivity index (χ3v) is 19.2. The van der Waals surface area contributed by atoms with E-state index in [1.165, 1.54) is 141 Å². The van der Waals surface area contributed by atoms with Crippen molar-refractivity contribution in [3.63, 3.8) is 0 Å². The fraction of sp³-hybridized carbons (Fsp3) is 0.190. The Balaban J connectivity index is 0.964. The topological polar surface area (TPSA) is 32.8 Å². The number of rotatable bonds is 10. The van der Waals surface area contributed by atoms with Crippen molar-refractivity contribution in [1.29, 1.82) is 0 Å². The molecule has 2 heterocycles. The summed E-state index contributed by atoms with van der Waals surface area (Å²) in [5.41, 5.74) is 21.9. The molecular formula is C79H66N2O2. The highest BCUT2D eigenvalue weighted by molar-refractivity contribution is 6.16. The van der Waals surface area contributed by atoms with Crippen LogP contribution in [0.25, 0.3) is 65.8 Å². The molecule has 2 fully saturated rings. The van der Waals surface area contributed by atoms with Gasteiger partial charge >= 0.3 is 0 Å². The van der Waals surface area contributed by atoms with Gasteiger partial charge in [-0.05, 0) is 156 Å². The standard InChI is InChI=1S/C79H66N2O2/c1-51-39-43-57(44-40-51)80(71-37-19-35-66-64-33-17-31-60(75(64)82-77(66)71)53-21-7-3-8-22-53)59-47-48-68-69(49-59)79(55-25-11-5-12-26-55,56-27-13-6-14-28-56)70-50-73(62-29-15-16-30-63(62)74(68)70)81(58-45-41-52(2)42-46-58)72-38-20-36-67-65-34-18-32-61(76(65)83-78(67)72)54-23-9-4-10-24-54/h5-6,11-20,25-50,53-54H,3-4,7-10,21-24H2,1-2H3. The van der Waals surface area contributed by atoms with E-state index in [0.717, 1.165) is 67.2 Å². The quantitative estimate of drug-likeness (QED) is 0.137. The van der Waals surface area contributed by atoms with Gasteiger partial charge in [0.2, 0.25) is 0 Å². The highest BCUT2D eigenvalue weighted by Crippen LogP contribution is 2.61. The van der Waals surface area contributed by atoms with E-state index in [0.29, 0.717) is 11.8 Å². The van der Waals surface area contributed by atoms with Crippen LogP contribution in [-0.4, -0.2) is 0 Å². The molecule has 3 aliphatic rings. The molecule has 16 rings (SSSR count). The maximum absolute atomic E-state index is 7.39. The fourth-order valence-electron chi connectivity index (χ4n) is 15.3. The SMILES string of the molecule is Cc1ccc(N(c2ccc3c(c2)C(c2ccccc2)(c2ccccc2)c2cc(N(c4ccc(C)cc4)c4cccc5c4oc4c(C6CCCCC6)cccc45)c4ccccc4c2-3)c2cccc3c2oc2c(C4CCCCC4)cccc23)cc1. The third-order valence-electron chi connectivity index (χ3n) is 19.2. The van der Waals surface area contributed by atoms with Gasteiger partial charge in [-0.3, -0.25) is 0 Å². The summed E-state index contributed by atoms with van der Waals surface area (Å²) in [5, 5.41) is 7.03. The normalized spacial score (nSPS) is 15.3. The number of hydrogen-bond donors (Lipinski definition) is 0. The van der Waals surface area contributed by atoms with Crippen LogP contribution in [0.2, 0.25) is 0 Å². The van der Waals surface area contributed by atoms with Gasteiger partial charge in [-0.15, -0.1) is 0 Å². The Kier molecular flexibility index (Phi) is 12.0. The predicted molar refractivity (Wildman–Crippen MR) is 346 cm³/mol. The van der Waals surface area contributed by atoms with Gasteiger partial charge < -0.3 is 18.6 Å². The van der Waals surface area contributed by atoms with Gasteiger partial charge in [-0.2, -0.15) is 0 Å². The Morgan fingerprint density at radius 3 is 1.30 bits per heavy atom. The molecule has 0 saturated heterocycles. The lowest BCUT2D eigenvalue weighted by Crippen LogP contribution is -2.29. The lowest BCUT2D eigenvalue weighted by molar-refractivity contribution is 0.442. The Bertz CT molecular complexity index is 4560. The van der Waals surface area contributed by atoms with Crippen LogP contribution in [0.4, 0.5) is 34.1 Å². The van der Waals surface area contributed by atoms with Crippen LogP contribution in [0.3, 0.4) is 0 Å². The van der Waals surface area contributed by atoms with E-state index in [2.05, 4.69) is 254 Å². The largest absolute Gasteiger partial charge is 0.454 e. The minimum atomic E-state index is -0.763. The molecule has 0 radical (unpaired) electrons. The molecular weight excluding hydrogens is 1010 g/mol. The number of aryl methyl sites for hydroxylation is 2. The summed E-state index contributed by atoms with van der Waals surface area (Å²) in [4.78, 5) is 4.94. The van der Waals surface area contributed by atoms with Crippen LogP contribution in [-0.2, 0) is 5.41 Å². The van der Waals surface area contributed by atoms with Crippen molar-refractivity contribution in [2.75, 3.05) is 9.80 Å². The highest BCUT2D eigenvalue weighted by Gasteiger charge is 2.48. The molecule has 4 nitrogen and oxygen atoms in total. The minimum absolute atomic E-state index is 0.499. The van der Waals surface area contributed by atoms with Crippen LogP contribution in [0.15, 0.2) is 239 Å². The van der Waals surface area contributed by atoms with Gasteiger partial charge in [0, 0.05) is 44.0 Å². The number of nitrogens with zero attached hydrogens (tertiary/aromatic N) is 2. The van der Waals surface area contributed by atoms with Crippen molar-refractivity contribution in [1.82, 2.24) is 0 Å². The Morgan fingerprint density at radius 1 is 0.337 bits per heavy atom. The van der Waals surface area contributed by atoms with Crippen LogP contribution >= 0.6 is 0 Å². The first kappa shape index (κ1) is 49.7. The summed E-state index contributed by atoms with van der Waals surface area (Å²) in [6.45, 7) is 4.35. The van der Waals surface area contributed by atoms with Crippen molar-refractivity contribution >= 4 is 88.8 Å². The number of benzene rings is 11. The van der Waals surface area contributed by atoms with E-state index >= 15 is 0 Å². The number of para-hydroxylation sites is 4. The first-order valence-corrected chi connectivity index (χ1v) is 30.5. The van der Waals surface area contributed by atoms with Crippen LogP contribution in [0.1, 0.15) is 121 Å².